The maximum Gasteiger partial charge on any atom is 0.240 e. The Balaban J connectivity index is 1.38. The SMILES string of the molecule is O=C(Nc1ccccc1)C1(C(=O)N2CCN(c3ncccn3)CC2)CC1. The van der Waals surface area contributed by atoms with E-state index in [0.717, 1.165) is 5.69 Å². The normalized spacial score (nSPS) is 18.3. The van der Waals surface area contributed by atoms with Crippen LogP contribution < -0.4 is 10.2 Å². The molecule has 134 valence electrons. The predicted molar refractivity (Wildman–Crippen MR) is 97.6 cm³/mol. The molecule has 7 heteroatoms. The van der Waals surface area contributed by atoms with Crippen LogP contribution in [0.25, 0.3) is 0 Å². The van der Waals surface area contributed by atoms with Gasteiger partial charge in [0.25, 0.3) is 0 Å². The molecule has 2 fully saturated rings. The summed E-state index contributed by atoms with van der Waals surface area (Å²) in [6.45, 7) is 2.51. The molecule has 26 heavy (non-hydrogen) atoms. The van der Waals surface area contributed by atoms with Crippen LogP contribution in [0.2, 0.25) is 0 Å². The van der Waals surface area contributed by atoms with Gasteiger partial charge in [-0.2, -0.15) is 0 Å². The van der Waals surface area contributed by atoms with Gasteiger partial charge in [-0.1, -0.05) is 18.2 Å². The summed E-state index contributed by atoms with van der Waals surface area (Å²) in [5, 5.41) is 2.88. The van der Waals surface area contributed by atoms with Gasteiger partial charge in [0.15, 0.2) is 0 Å². The molecule has 0 bridgehead atoms. The Morgan fingerprint density at radius 2 is 1.58 bits per heavy atom. The summed E-state index contributed by atoms with van der Waals surface area (Å²) in [4.78, 5) is 38.0. The maximum absolute atomic E-state index is 13.0. The lowest BCUT2D eigenvalue weighted by molar-refractivity contribution is -0.142. The van der Waals surface area contributed by atoms with Gasteiger partial charge in [-0.3, -0.25) is 9.59 Å². The van der Waals surface area contributed by atoms with Crippen LogP contribution in [0, 0.1) is 5.41 Å². The lowest BCUT2D eigenvalue weighted by Gasteiger charge is -2.36. The van der Waals surface area contributed by atoms with E-state index < -0.39 is 5.41 Å². The van der Waals surface area contributed by atoms with Crippen LogP contribution >= 0.6 is 0 Å². The first-order valence-corrected chi connectivity index (χ1v) is 8.87. The fraction of sp³-hybridized carbons (Fsp3) is 0.368. The molecule has 1 aromatic heterocycles. The molecule has 0 spiro atoms. The van der Waals surface area contributed by atoms with E-state index in [1.807, 2.05) is 30.3 Å². The lowest BCUT2D eigenvalue weighted by Crippen LogP contribution is -2.53. The summed E-state index contributed by atoms with van der Waals surface area (Å²) < 4.78 is 0. The Bertz CT molecular complexity index is 784. The molecule has 1 aliphatic heterocycles. The van der Waals surface area contributed by atoms with E-state index in [9.17, 15) is 9.59 Å². The summed E-state index contributed by atoms with van der Waals surface area (Å²) >= 11 is 0. The molecule has 0 radical (unpaired) electrons. The Hall–Kier alpha value is -2.96. The van der Waals surface area contributed by atoms with Crippen molar-refractivity contribution in [2.24, 2.45) is 5.41 Å². The summed E-state index contributed by atoms with van der Waals surface area (Å²) in [5.74, 6) is 0.435. The highest BCUT2D eigenvalue weighted by Crippen LogP contribution is 2.48. The second-order valence-electron chi connectivity index (χ2n) is 6.73. The molecule has 1 saturated carbocycles. The Morgan fingerprint density at radius 3 is 2.19 bits per heavy atom. The number of nitrogens with zero attached hydrogens (tertiary/aromatic N) is 4. The first-order valence-electron chi connectivity index (χ1n) is 8.87. The number of hydrogen-bond acceptors (Lipinski definition) is 5. The fourth-order valence-corrected chi connectivity index (χ4v) is 3.30. The van der Waals surface area contributed by atoms with Gasteiger partial charge in [0.05, 0.1) is 0 Å². The molecular formula is C19H21N5O2. The average molecular weight is 351 g/mol. The number of nitrogens with one attached hydrogen (secondary N) is 1. The third kappa shape index (κ3) is 3.12. The van der Waals surface area contributed by atoms with E-state index in [1.54, 1.807) is 23.4 Å². The second-order valence-corrected chi connectivity index (χ2v) is 6.73. The van der Waals surface area contributed by atoms with Crippen LogP contribution in [-0.4, -0.2) is 52.9 Å². The number of hydrogen-bond donors (Lipinski definition) is 1. The molecular weight excluding hydrogens is 330 g/mol. The van der Waals surface area contributed by atoms with E-state index in [-0.39, 0.29) is 11.8 Å². The van der Waals surface area contributed by atoms with Crippen molar-refractivity contribution in [1.29, 1.82) is 0 Å². The van der Waals surface area contributed by atoms with E-state index in [1.165, 1.54) is 0 Å². The maximum atomic E-state index is 13.0. The van der Waals surface area contributed by atoms with E-state index in [2.05, 4.69) is 20.2 Å². The highest BCUT2D eigenvalue weighted by Gasteiger charge is 2.58. The number of piperazine rings is 1. The fourth-order valence-electron chi connectivity index (χ4n) is 3.30. The second kappa shape index (κ2) is 6.74. The van der Waals surface area contributed by atoms with Crippen molar-refractivity contribution >= 4 is 23.5 Å². The smallest absolute Gasteiger partial charge is 0.240 e. The number of amides is 2. The minimum absolute atomic E-state index is 0.0560. The molecule has 0 atom stereocenters. The van der Waals surface area contributed by atoms with Crippen LogP contribution in [0.15, 0.2) is 48.8 Å². The summed E-state index contributed by atoms with van der Waals surface area (Å²) in [7, 11) is 0. The Morgan fingerprint density at radius 1 is 0.923 bits per heavy atom. The third-order valence-electron chi connectivity index (χ3n) is 5.03. The zero-order valence-electron chi connectivity index (χ0n) is 14.5. The number of carbonyl (C=O) groups excluding carboxylic acids is 2. The monoisotopic (exact) mass is 351 g/mol. The molecule has 4 rings (SSSR count). The lowest BCUT2D eigenvalue weighted by atomic mass is 10.0. The molecule has 2 amide bonds. The molecule has 2 heterocycles. The van der Waals surface area contributed by atoms with Crippen molar-refractivity contribution in [3.8, 4) is 0 Å². The van der Waals surface area contributed by atoms with Crippen molar-refractivity contribution in [2.75, 3.05) is 36.4 Å². The molecule has 0 unspecified atom stereocenters. The van der Waals surface area contributed by atoms with Crippen LogP contribution in [0.5, 0.6) is 0 Å². The Labute approximate surface area is 152 Å². The van der Waals surface area contributed by atoms with Gasteiger partial charge in [-0.25, -0.2) is 9.97 Å². The number of carbonyl (C=O) groups is 2. The third-order valence-corrected chi connectivity index (χ3v) is 5.03. The number of anilines is 2. The number of benzene rings is 1. The van der Waals surface area contributed by atoms with E-state index in [4.69, 9.17) is 0 Å². The molecule has 2 aliphatic rings. The van der Waals surface area contributed by atoms with Crippen molar-refractivity contribution in [1.82, 2.24) is 14.9 Å². The van der Waals surface area contributed by atoms with Gasteiger partial charge >= 0.3 is 0 Å². The highest BCUT2D eigenvalue weighted by molar-refractivity contribution is 6.13. The van der Waals surface area contributed by atoms with Crippen LogP contribution in [0.3, 0.4) is 0 Å². The van der Waals surface area contributed by atoms with Gasteiger partial charge in [-0.15, -0.1) is 0 Å². The molecule has 7 nitrogen and oxygen atoms in total. The summed E-state index contributed by atoms with van der Waals surface area (Å²) in [6, 6.07) is 11.1. The van der Waals surface area contributed by atoms with Crippen molar-refractivity contribution in [3.05, 3.63) is 48.8 Å². The summed E-state index contributed by atoms with van der Waals surface area (Å²) in [5.41, 5.74) is -0.163. The minimum Gasteiger partial charge on any atom is -0.338 e. The molecule has 1 aliphatic carbocycles. The van der Waals surface area contributed by atoms with Gasteiger partial charge in [0, 0.05) is 44.3 Å². The van der Waals surface area contributed by atoms with Gasteiger partial charge in [0.1, 0.15) is 5.41 Å². The topological polar surface area (TPSA) is 78.4 Å². The molecule has 1 saturated heterocycles. The standard InChI is InChI=1S/C19H21N5O2/c25-16(22-15-5-2-1-3-6-15)19(7-8-19)17(26)23-11-13-24(14-12-23)18-20-9-4-10-21-18/h1-6,9-10H,7-8,11-14H2,(H,22,25). The van der Waals surface area contributed by atoms with Gasteiger partial charge < -0.3 is 15.1 Å². The van der Waals surface area contributed by atoms with Gasteiger partial charge in [0.2, 0.25) is 17.8 Å². The quantitative estimate of drug-likeness (QED) is 0.846. The number of aromatic nitrogens is 2. The highest BCUT2D eigenvalue weighted by atomic mass is 16.2. The van der Waals surface area contributed by atoms with Crippen LogP contribution in [0.4, 0.5) is 11.6 Å². The zero-order valence-corrected chi connectivity index (χ0v) is 14.5. The van der Waals surface area contributed by atoms with Gasteiger partial charge in [-0.05, 0) is 31.0 Å². The average Bonchev–Trinajstić information content (AvgIpc) is 3.51. The largest absolute Gasteiger partial charge is 0.338 e. The van der Waals surface area contributed by atoms with Crippen molar-refractivity contribution in [3.63, 3.8) is 0 Å². The molecule has 1 N–H and O–H groups in total. The summed E-state index contributed by atoms with van der Waals surface area (Å²) in [6.07, 6.45) is 4.67. The zero-order chi connectivity index (χ0) is 18.0. The van der Waals surface area contributed by atoms with Crippen LogP contribution in [0.1, 0.15) is 12.8 Å². The van der Waals surface area contributed by atoms with E-state index in [0.29, 0.717) is 45.0 Å². The van der Waals surface area contributed by atoms with Crippen molar-refractivity contribution in [2.45, 2.75) is 12.8 Å². The van der Waals surface area contributed by atoms with Crippen molar-refractivity contribution < 1.29 is 9.59 Å². The minimum atomic E-state index is -0.888. The Kier molecular flexibility index (Phi) is 4.28. The molecule has 2 aromatic rings. The first kappa shape index (κ1) is 16.5. The predicted octanol–water partition coefficient (Wildman–Crippen LogP) is 1.54. The molecule has 1 aromatic carbocycles. The van der Waals surface area contributed by atoms with Crippen LogP contribution in [-0.2, 0) is 9.59 Å². The number of para-hydroxylation sites is 1. The van der Waals surface area contributed by atoms with E-state index >= 15 is 0 Å². The number of rotatable bonds is 4. The first-order chi connectivity index (χ1) is 12.7.